The molecule has 0 aliphatic rings. The maximum atomic E-state index is 12.9. The van der Waals surface area contributed by atoms with Crippen LogP contribution in [0.4, 0.5) is 5.69 Å². The molecule has 0 bridgehead atoms. The largest absolute Gasteiger partial charge is 0.507 e. The Morgan fingerprint density at radius 3 is 2.41 bits per heavy atom. The Balaban J connectivity index is 2.07. The number of para-hydroxylation sites is 1. The number of rotatable bonds is 5. The van der Waals surface area contributed by atoms with Crippen LogP contribution in [0.5, 0.6) is 5.75 Å². The molecule has 152 valence electrons. The number of carbonyl (C=O) groups is 1. The number of methoxy groups -OCH3 is 1. The summed E-state index contributed by atoms with van der Waals surface area (Å²) < 4.78 is 35.4. The first kappa shape index (κ1) is 20.2. The Morgan fingerprint density at radius 2 is 1.79 bits per heavy atom. The van der Waals surface area contributed by atoms with Crippen LogP contribution in [0.15, 0.2) is 58.2 Å². The number of carbonyl (C=O) groups excluding carboxylic acids is 1. The molecule has 1 aromatic heterocycles. The molecular weight excluding hydrogens is 398 g/mol. The number of hydrogen-bond acceptors (Lipinski definition) is 6. The number of hydrogen-bond donors (Lipinski definition) is 2. The van der Waals surface area contributed by atoms with E-state index < -0.39 is 27.3 Å². The molecule has 0 radical (unpaired) electrons. The van der Waals surface area contributed by atoms with E-state index in [0.29, 0.717) is 11.4 Å². The number of sulfonamides is 1. The minimum absolute atomic E-state index is 0.121. The lowest BCUT2D eigenvalue weighted by atomic mass is 10.2. The van der Waals surface area contributed by atoms with Gasteiger partial charge in [0, 0.05) is 7.05 Å². The second kappa shape index (κ2) is 7.47. The van der Waals surface area contributed by atoms with E-state index in [9.17, 15) is 23.1 Å². The summed E-state index contributed by atoms with van der Waals surface area (Å²) in [5.41, 5.74) is -0.00166. The van der Waals surface area contributed by atoms with Gasteiger partial charge in [0.05, 0.1) is 23.4 Å². The minimum Gasteiger partial charge on any atom is -0.507 e. The molecule has 0 aliphatic carbocycles. The third-order valence-corrected chi connectivity index (χ3v) is 5.82. The smallest absolute Gasteiger partial charge is 0.341 e. The van der Waals surface area contributed by atoms with E-state index in [1.165, 1.54) is 9.36 Å². The third kappa shape index (κ3) is 3.61. The van der Waals surface area contributed by atoms with Gasteiger partial charge in [-0.05, 0) is 37.3 Å². The predicted molar refractivity (Wildman–Crippen MR) is 106 cm³/mol. The quantitative estimate of drug-likeness (QED) is 0.611. The number of aromatic nitrogens is 2. The van der Waals surface area contributed by atoms with Gasteiger partial charge >= 0.3 is 5.97 Å². The zero-order valence-corrected chi connectivity index (χ0v) is 16.7. The lowest BCUT2D eigenvalue weighted by Gasteiger charge is -2.09. The van der Waals surface area contributed by atoms with Gasteiger partial charge in [-0.3, -0.25) is 14.2 Å². The van der Waals surface area contributed by atoms with Gasteiger partial charge in [-0.15, -0.1) is 0 Å². The van der Waals surface area contributed by atoms with Gasteiger partial charge in [0.15, 0.2) is 0 Å². The number of anilines is 1. The molecule has 29 heavy (non-hydrogen) atoms. The van der Waals surface area contributed by atoms with Crippen LogP contribution >= 0.6 is 0 Å². The van der Waals surface area contributed by atoms with E-state index >= 15 is 0 Å². The van der Waals surface area contributed by atoms with Gasteiger partial charge in [-0.1, -0.05) is 18.2 Å². The second-order valence-electron chi connectivity index (χ2n) is 6.21. The minimum atomic E-state index is -4.22. The van der Waals surface area contributed by atoms with Crippen molar-refractivity contribution in [3.05, 3.63) is 70.1 Å². The van der Waals surface area contributed by atoms with Gasteiger partial charge < -0.3 is 9.84 Å². The fourth-order valence-corrected chi connectivity index (χ4v) is 3.98. The first-order valence-electron chi connectivity index (χ1n) is 8.45. The summed E-state index contributed by atoms with van der Waals surface area (Å²) >= 11 is 0. The SMILES string of the molecule is COC(=O)c1cc(S(=O)(=O)Nc2c(C)n(C)n(-c3ccccc3)c2=O)ccc1O. The summed E-state index contributed by atoms with van der Waals surface area (Å²) in [4.78, 5) is 24.3. The molecule has 3 aromatic rings. The monoisotopic (exact) mass is 417 g/mol. The van der Waals surface area contributed by atoms with Crippen LogP contribution < -0.4 is 10.3 Å². The number of aromatic hydroxyl groups is 1. The lowest BCUT2D eigenvalue weighted by molar-refractivity contribution is 0.0597. The number of esters is 1. The first-order chi connectivity index (χ1) is 13.7. The molecule has 3 rings (SSSR count). The van der Waals surface area contributed by atoms with Crippen LogP contribution in [0, 0.1) is 6.92 Å². The lowest BCUT2D eigenvalue weighted by Crippen LogP contribution is -2.23. The highest BCUT2D eigenvalue weighted by atomic mass is 32.2. The number of benzene rings is 2. The van der Waals surface area contributed by atoms with Gasteiger partial charge in [0.25, 0.3) is 15.6 Å². The van der Waals surface area contributed by atoms with Crippen LogP contribution in [-0.4, -0.2) is 36.0 Å². The molecule has 0 unspecified atom stereocenters. The Bertz CT molecular complexity index is 1240. The topological polar surface area (TPSA) is 120 Å². The van der Waals surface area contributed by atoms with Crippen molar-refractivity contribution in [2.24, 2.45) is 7.05 Å². The van der Waals surface area contributed by atoms with Crippen molar-refractivity contribution in [3.63, 3.8) is 0 Å². The Morgan fingerprint density at radius 1 is 1.14 bits per heavy atom. The van der Waals surface area contributed by atoms with Crippen molar-refractivity contribution in [2.75, 3.05) is 11.8 Å². The van der Waals surface area contributed by atoms with Crippen molar-refractivity contribution in [1.82, 2.24) is 9.36 Å². The zero-order valence-electron chi connectivity index (χ0n) is 15.9. The average Bonchev–Trinajstić information content (AvgIpc) is 2.91. The van der Waals surface area contributed by atoms with E-state index in [2.05, 4.69) is 9.46 Å². The van der Waals surface area contributed by atoms with Crippen LogP contribution in [0.25, 0.3) is 5.69 Å². The van der Waals surface area contributed by atoms with Crippen LogP contribution in [0.2, 0.25) is 0 Å². The van der Waals surface area contributed by atoms with Crippen LogP contribution in [-0.2, 0) is 21.8 Å². The number of phenols is 1. The third-order valence-electron chi connectivity index (χ3n) is 4.47. The van der Waals surface area contributed by atoms with E-state index in [-0.39, 0.29) is 16.1 Å². The number of nitrogens with one attached hydrogen (secondary N) is 1. The van der Waals surface area contributed by atoms with Crippen molar-refractivity contribution in [1.29, 1.82) is 0 Å². The van der Waals surface area contributed by atoms with Crippen molar-refractivity contribution in [2.45, 2.75) is 11.8 Å². The molecule has 0 aliphatic heterocycles. The summed E-state index contributed by atoms with van der Waals surface area (Å²) in [6, 6.07) is 12.0. The fraction of sp³-hybridized carbons (Fsp3) is 0.158. The molecule has 0 fully saturated rings. The first-order valence-corrected chi connectivity index (χ1v) is 9.94. The molecule has 0 saturated heterocycles. The van der Waals surface area contributed by atoms with E-state index in [0.717, 1.165) is 25.3 Å². The standard InChI is InChI=1S/C19H19N3O6S/c1-12-17(18(24)22(21(12)2)13-7-5-4-6-8-13)20-29(26,27)14-9-10-16(23)15(11-14)19(25)28-3/h4-11,20,23H,1-3H3. The van der Waals surface area contributed by atoms with Crippen LogP contribution in [0.1, 0.15) is 16.1 Å². The van der Waals surface area contributed by atoms with Gasteiger partial charge in [0.2, 0.25) is 0 Å². The molecule has 0 spiro atoms. The highest BCUT2D eigenvalue weighted by Gasteiger charge is 2.24. The molecular formula is C19H19N3O6S. The average molecular weight is 417 g/mol. The fourth-order valence-electron chi connectivity index (χ4n) is 2.83. The summed E-state index contributed by atoms with van der Waals surface area (Å²) in [6.07, 6.45) is 0. The molecule has 1 heterocycles. The summed E-state index contributed by atoms with van der Waals surface area (Å²) in [5.74, 6) is -1.31. The molecule has 2 aromatic carbocycles. The molecule has 0 amide bonds. The van der Waals surface area contributed by atoms with Crippen molar-refractivity contribution >= 4 is 21.7 Å². The van der Waals surface area contributed by atoms with Gasteiger partial charge in [-0.25, -0.2) is 17.9 Å². The molecule has 9 nitrogen and oxygen atoms in total. The molecule has 10 heteroatoms. The second-order valence-corrected chi connectivity index (χ2v) is 7.89. The predicted octanol–water partition coefficient (Wildman–Crippen LogP) is 1.78. The number of nitrogens with zero attached hydrogens (tertiary/aromatic N) is 2. The van der Waals surface area contributed by atoms with Crippen molar-refractivity contribution in [3.8, 4) is 11.4 Å². The van der Waals surface area contributed by atoms with Crippen molar-refractivity contribution < 1.29 is 23.1 Å². The maximum absolute atomic E-state index is 12.9. The Labute approximate surface area is 166 Å². The highest BCUT2D eigenvalue weighted by molar-refractivity contribution is 7.92. The Hall–Kier alpha value is -3.53. The number of phenolic OH excluding ortho intramolecular Hbond substituents is 1. The molecule has 0 saturated carbocycles. The Kier molecular flexibility index (Phi) is 5.21. The maximum Gasteiger partial charge on any atom is 0.341 e. The van der Waals surface area contributed by atoms with E-state index in [1.54, 1.807) is 44.3 Å². The molecule has 0 atom stereocenters. The molecule has 2 N–H and O–H groups in total. The highest BCUT2D eigenvalue weighted by Crippen LogP contribution is 2.24. The van der Waals surface area contributed by atoms with E-state index in [4.69, 9.17) is 0 Å². The summed E-state index contributed by atoms with van der Waals surface area (Å²) in [6.45, 7) is 1.61. The summed E-state index contributed by atoms with van der Waals surface area (Å²) in [7, 11) is -1.47. The van der Waals surface area contributed by atoms with Crippen LogP contribution in [0.3, 0.4) is 0 Å². The number of ether oxygens (including phenoxy) is 1. The van der Waals surface area contributed by atoms with E-state index in [1.807, 2.05) is 0 Å². The zero-order chi connectivity index (χ0) is 21.3. The normalized spacial score (nSPS) is 11.3. The van der Waals surface area contributed by atoms with Gasteiger partial charge in [-0.2, -0.15) is 0 Å². The van der Waals surface area contributed by atoms with Gasteiger partial charge in [0.1, 0.15) is 17.0 Å². The summed E-state index contributed by atoms with van der Waals surface area (Å²) in [5, 5.41) is 9.77.